The summed E-state index contributed by atoms with van der Waals surface area (Å²) in [6.45, 7) is 3.34. The van der Waals surface area contributed by atoms with Gasteiger partial charge in [0, 0.05) is 12.1 Å². The monoisotopic (exact) mass is 397 g/mol. The predicted molar refractivity (Wildman–Crippen MR) is 108 cm³/mol. The number of amides is 1. The lowest BCUT2D eigenvalue weighted by Crippen LogP contribution is -2.60. The van der Waals surface area contributed by atoms with Gasteiger partial charge < -0.3 is 25.3 Å². The molecule has 1 aromatic heterocycles. The largest absolute Gasteiger partial charge is 0.445 e. The SMILES string of the molecule is C[C@@H]1C[C@H](c2ccncc2N)C[C@H](NC(=O)OCc2ccccc2)C12OCCO2. The van der Waals surface area contributed by atoms with Gasteiger partial charge in [0.05, 0.1) is 31.1 Å². The minimum atomic E-state index is -0.829. The van der Waals surface area contributed by atoms with Gasteiger partial charge >= 0.3 is 6.09 Å². The van der Waals surface area contributed by atoms with Crippen LogP contribution in [0.1, 0.15) is 36.8 Å². The van der Waals surface area contributed by atoms with Crippen molar-refractivity contribution in [2.45, 2.75) is 44.1 Å². The lowest BCUT2D eigenvalue weighted by atomic mass is 9.72. The number of nitrogens with one attached hydrogen (secondary N) is 1. The quantitative estimate of drug-likeness (QED) is 0.822. The third-order valence-corrected chi connectivity index (χ3v) is 5.90. The second kappa shape index (κ2) is 8.39. The smallest absolute Gasteiger partial charge is 0.407 e. The zero-order chi connectivity index (χ0) is 20.3. The number of ether oxygens (including phenoxy) is 3. The van der Waals surface area contributed by atoms with Gasteiger partial charge in [0.2, 0.25) is 0 Å². The Hall–Kier alpha value is -2.64. The van der Waals surface area contributed by atoms with Crippen LogP contribution in [0.2, 0.25) is 0 Å². The molecule has 0 radical (unpaired) electrons. The van der Waals surface area contributed by atoms with E-state index >= 15 is 0 Å². The number of rotatable bonds is 4. The van der Waals surface area contributed by atoms with Crippen LogP contribution < -0.4 is 11.1 Å². The Morgan fingerprint density at radius 2 is 2.00 bits per heavy atom. The van der Waals surface area contributed by atoms with E-state index in [-0.39, 0.29) is 24.5 Å². The Morgan fingerprint density at radius 1 is 1.24 bits per heavy atom. The summed E-state index contributed by atoms with van der Waals surface area (Å²) in [6.07, 6.45) is 4.45. The summed E-state index contributed by atoms with van der Waals surface area (Å²) in [5, 5.41) is 3.00. The van der Waals surface area contributed by atoms with Crippen LogP contribution in [0.25, 0.3) is 0 Å². The van der Waals surface area contributed by atoms with Crippen molar-refractivity contribution in [2.24, 2.45) is 5.92 Å². The van der Waals surface area contributed by atoms with E-state index in [4.69, 9.17) is 19.9 Å². The second-order valence-corrected chi connectivity index (χ2v) is 7.75. The number of carbonyl (C=O) groups is 1. The summed E-state index contributed by atoms with van der Waals surface area (Å²) in [5.41, 5.74) is 8.81. The summed E-state index contributed by atoms with van der Waals surface area (Å²) in [4.78, 5) is 16.6. The number of pyridine rings is 1. The van der Waals surface area contributed by atoms with E-state index < -0.39 is 11.9 Å². The molecule has 7 heteroatoms. The van der Waals surface area contributed by atoms with Gasteiger partial charge in [-0.3, -0.25) is 4.98 Å². The Labute approximate surface area is 170 Å². The molecule has 4 rings (SSSR count). The standard InChI is InChI=1S/C22H27N3O4/c1-15-11-17(18-7-8-24-13-19(18)23)12-20(22(15)28-9-10-29-22)25-21(26)27-14-16-5-3-2-4-6-16/h2-8,13,15,17,20H,9-12,14,23H2,1H3,(H,25,26)/t15-,17+,20+/m1/s1. The molecule has 1 aliphatic heterocycles. The molecule has 3 atom stereocenters. The molecule has 1 saturated heterocycles. The highest BCUT2D eigenvalue weighted by Crippen LogP contribution is 2.47. The molecule has 2 aliphatic rings. The average Bonchev–Trinajstić information content (AvgIpc) is 3.22. The molecule has 1 saturated carbocycles. The molecular formula is C22H27N3O4. The molecule has 7 nitrogen and oxygen atoms in total. The molecule has 1 amide bonds. The van der Waals surface area contributed by atoms with Crippen molar-refractivity contribution in [3.05, 3.63) is 59.9 Å². The molecular weight excluding hydrogens is 370 g/mol. The van der Waals surface area contributed by atoms with Gasteiger partial charge in [0.15, 0.2) is 5.79 Å². The van der Waals surface area contributed by atoms with Crippen molar-refractivity contribution in [2.75, 3.05) is 18.9 Å². The molecule has 0 unspecified atom stereocenters. The van der Waals surface area contributed by atoms with Crippen LogP contribution in [0, 0.1) is 5.92 Å². The second-order valence-electron chi connectivity index (χ2n) is 7.75. The molecule has 0 bridgehead atoms. The van der Waals surface area contributed by atoms with Gasteiger partial charge in [-0.05, 0) is 36.0 Å². The first-order valence-corrected chi connectivity index (χ1v) is 10.0. The summed E-state index contributed by atoms with van der Waals surface area (Å²) in [5.74, 6) is -0.578. The third kappa shape index (κ3) is 4.06. The van der Waals surface area contributed by atoms with Gasteiger partial charge in [-0.2, -0.15) is 0 Å². The first kappa shape index (κ1) is 19.7. The minimum Gasteiger partial charge on any atom is -0.445 e. The summed E-state index contributed by atoms with van der Waals surface area (Å²) >= 11 is 0. The number of nitrogen functional groups attached to an aromatic ring is 1. The maximum Gasteiger partial charge on any atom is 0.407 e. The molecule has 1 spiro atoms. The minimum absolute atomic E-state index is 0.0794. The lowest BCUT2D eigenvalue weighted by Gasteiger charge is -2.46. The third-order valence-electron chi connectivity index (χ3n) is 5.90. The first-order chi connectivity index (χ1) is 14.1. The maximum atomic E-state index is 12.6. The van der Waals surface area contributed by atoms with Crippen molar-refractivity contribution in [3.63, 3.8) is 0 Å². The number of nitrogens with two attached hydrogens (primary N) is 1. The molecule has 1 aliphatic carbocycles. The van der Waals surface area contributed by atoms with E-state index in [0.717, 1.165) is 17.5 Å². The molecule has 2 fully saturated rings. The topological polar surface area (TPSA) is 95.7 Å². The number of benzene rings is 1. The van der Waals surface area contributed by atoms with Gasteiger partial charge in [0.1, 0.15) is 6.61 Å². The molecule has 1 aromatic carbocycles. The van der Waals surface area contributed by atoms with Gasteiger partial charge in [-0.1, -0.05) is 37.3 Å². The van der Waals surface area contributed by atoms with E-state index in [1.165, 1.54) is 0 Å². The van der Waals surface area contributed by atoms with Crippen molar-refractivity contribution in [1.82, 2.24) is 10.3 Å². The van der Waals surface area contributed by atoms with Gasteiger partial charge in [0.25, 0.3) is 0 Å². The Kier molecular flexibility index (Phi) is 5.69. The van der Waals surface area contributed by atoms with Crippen LogP contribution in [-0.2, 0) is 20.8 Å². The molecule has 3 N–H and O–H groups in total. The highest BCUT2D eigenvalue weighted by molar-refractivity contribution is 5.68. The van der Waals surface area contributed by atoms with Crippen molar-refractivity contribution in [3.8, 4) is 0 Å². The van der Waals surface area contributed by atoms with Crippen LogP contribution in [-0.4, -0.2) is 36.1 Å². The van der Waals surface area contributed by atoms with Crippen molar-refractivity contribution in [1.29, 1.82) is 0 Å². The number of hydrogen-bond donors (Lipinski definition) is 2. The lowest BCUT2D eigenvalue weighted by molar-refractivity contribution is -0.226. The highest BCUT2D eigenvalue weighted by atomic mass is 16.7. The normalized spacial score (nSPS) is 25.6. The number of aromatic nitrogens is 1. The highest BCUT2D eigenvalue weighted by Gasteiger charge is 2.54. The van der Waals surface area contributed by atoms with E-state index in [1.54, 1.807) is 12.4 Å². The fourth-order valence-electron chi connectivity index (χ4n) is 4.52. The fraction of sp³-hybridized carbons (Fsp3) is 0.455. The molecule has 2 heterocycles. The molecule has 2 aromatic rings. The molecule has 154 valence electrons. The van der Waals surface area contributed by atoms with E-state index in [0.29, 0.717) is 25.3 Å². The summed E-state index contributed by atoms with van der Waals surface area (Å²) in [6, 6.07) is 11.2. The Bertz CT molecular complexity index is 839. The van der Waals surface area contributed by atoms with Crippen LogP contribution in [0.3, 0.4) is 0 Å². The van der Waals surface area contributed by atoms with E-state index in [1.807, 2.05) is 36.4 Å². The first-order valence-electron chi connectivity index (χ1n) is 10.0. The van der Waals surface area contributed by atoms with E-state index in [2.05, 4.69) is 17.2 Å². The maximum absolute atomic E-state index is 12.6. The van der Waals surface area contributed by atoms with Gasteiger partial charge in [-0.15, -0.1) is 0 Å². The van der Waals surface area contributed by atoms with Crippen molar-refractivity contribution < 1.29 is 19.0 Å². The van der Waals surface area contributed by atoms with Crippen LogP contribution >= 0.6 is 0 Å². The summed E-state index contributed by atoms with van der Waals surface area (Å²) in [7, 11) is 0. The average molecular weight is 397 g/mol. The number of nitrogens with zero attached hydrogens (tertiary/aromatic N) is 1. The molecule has 29 heavy (non-hydrogen) atoms. The van der Waals surface area contributed by atoms with Crippen LogP contribution in [0.15, 0.2) is 48.8 Å². The number of carbonyl (C=O) groups excluding carboxylic acids is 1. The van der Waals surface area contributed by atoms with Crippen LogP contribution in [0.5, 0.6) is 0 Å². The number of hydrogen-bond acceptors (Lipinski definition) is 6. The fourth-order valence-corrected chi connectivity index (χ4v) is 4.52. The van der Waals surface area contributed by atoms with Gasteiger partial charge in [-0.25, -0.2) is 4.79 Å². The zero-order valence-corrected chi connectivity index (χ0v) is 16.5. The number of alkyl carbamates (subject to hydrolysis) is 1. The van der Waals surface area contributed by atoms with Crippen LogP contribution in [0.4, 0.5) is 10.5 Å². The van der Waals surface area contributed by atoms with E-state index in [9.17, 15) is 4.79 Å². The predicted octanol–water partition coefficient (Wildman–Crippen LogP) is 3.22. The number of anilines is 1. The summed E-state index contributed by atoms with van der Waals surface area (Å²) < 4.78 is 17.5. The zero-order valence-electron chi connectivity index (χ0n) is 16.5. The Balaban J connectivity index is 1.49. The van der Waals surface area contributed by atoms with Crippen molar-refractivity contribution >= 4 is 11.8 Å². The Morgan fingerprint density at radius 3 is 2.72 bits per heavy atom.